The van der Waals surface area contributed by atoms with Crippen molar-refractivity contribution in [2.45, 2.75) is 6.54 Å². The smallest absolute Gasteiger partial charge is 0.251 e. The number of rotatable bonds is 4. The van der Waals surface area contributed by atoms with Crippen molar-refractivity contribution >= 4 is 16.9 Å². The molecule has 0 atom stereocenters. The van der Waals surface area contributed by atoms with Gasteiger partial charge in [-0.1, -0.05) is 24.3 Å². The Hall–Kier alpha value is -2.75. The Balaban J connectivity index is 1.70. The van der Waals surface area contributed by atoms with E-state index in [1.165, 1.54) is 0 Å². The summed E-state index contributed by atoms with van der Waals surface area (Å²) in [6.07, 6.45) is 0. The molecule has 0 spiro atoms. The highest BCUT2D eigenvalue weighted by Gasteiger charge is 2.08. The van der Waals surface area contributed by atoms with E-state index in [2.05, 4.69) is 5.32 Å². The zero-order valence-electron chi connectivity index (χ0n) is 11.6. The third-order valence-corrected chi connectivity index (χ3v) is 3.23. The summed E-state index contributed by atoms with van der Waals surface area (Å²) in [5.41, 5.74) is 1.38. The van der Waals surface area contributed by atoms with Gasteiger partial charge in [-0.3, -0.25) is 4.79 Å². The second-order valence-corrected chi connectivity index (χ2v) is 4.67. The van der Waals surface area contributed by atoms with E-state index in [0.717, 1.165) is 16.7 Å². The van der Waals surface area contributed by atoms with Crippen molar-refractivity contribution in [2.24, 2.45) is 0 Å². The van der Waals surface area contributed by atoms with Gasteiger partial charge in [0.05, 0.1) is 13.7 Å². The number of hydrogen-bond acceptors (Lipinski definition) is 3. The number of nitrogens with one attached hydrogen (secondary N) is 1. The summed E-state index contributed by atoms with van der Waals surface area (Å²) in [6, 6.07) is 16.7. The van der Waals surface area contributed by atoms with Crippen molar-refractivity contribution in [3.8, 4) is 5.75 Å². The summed E-state index contributed by atoms with van der Waals surface area (Å²) in [4.78, 5) is 12.1. The van der Waals surface area contributed by atoms with Crippen molar-refractivity contribution < 1.29 is 13.9 Å². The molecule has 0 fully saturated rings. The van der Waals surface area contributed by atoms with Gasteiger partial charge in [0.25, 0.3) is 5.91 Å². The molecule has 0 aliphatic heterocycles. The highest BCUT2D eigenvalue weighted by Crippen LogP contribution is 2.18. The number of methoxy groups -OCH3 is 1. The molecule has 4 nitrogen and oxygen atoms in total. The summed E-state index contributed by atoms with van der Waals surface area (Å²) in [5, 5.41) is 3.87. The standard InChI is InChI=1S/C17H15NO3/c1-20-14-7-4-6-13(10-14)17(19)18-11-15-9-12-5-2-3-8-16(12)21-15/h2-10H,11H2,1H3,(H,18,19). The summed E-state index contributed by atoms with van der Waals surface area (Å²) in [5.74, 6) is 1.23. The summed E-state index contributed by atoms with van der Waals surface area (Å²) in [7, 11) is 1.57. The van der Waals surface area contributed by atoms with Gasteiger partial charge in [0.1, 0.15) is 17.1 Å². The lowest BCUT2D eigenvalue weighted by Gasteiger charge is -2.05. The molecular weight excluding hydrogens is 266 g/mol. The second kappa shape index (κ2) is 5.71. The largest absolute Gasteiger partial charge is 0.497 e. The van der Waals surface area contributed by atoms with Crippen LogP contribution in [0.15, 0.2) is 59.0 Å². The van der Waals surface area contributed by atoms with Gasteiger partial charge in [-0.25, -0.2) is 0 Å². The molecule has 0 bridgehead atoms. The maximum atomic E-state index is 12.1. The molecule has 0 aliphatic carbocycles. The highest BCUT2D eigenvalue weighted by molar-refractivity contribution is 5.94. The average Bonchev–Trinajstić information content (AvgIpc) is 2.95. The van der Waals surface area contributed by atoms with Crippen molar-refractivity contribution in [3.63, 3.8) is 0 Å². The molecule has 3 rings (SSSR count). The molecule has 4 heteroatoms. The topological polar surface area (TPSA) is 51.5 Å². The van der Waals surface area contributed by atoms with E-state index < -0.39 is 0 Å². The van der Waals surface area contributed by atoms with Gasteiger partial charge in [-0.15, -0.1) is 0 Å². The predicted molar refractivity (Wildman–Crippen MR) is 80.4 cm³/mol. The van der Waals surface area contributed by atoms with Crippen LogP contribution >= 0.6 is 0 Å². The minimum Gasteiger partial charge on any atom is -0.497 e. The van der Waals surface area contributed by atoms with E-state index in [4.69, 9.17) is 9.15 Å². The number of hydrogen-bond donors (Lipinski definition) is 1. The predicted octanol–water partition coefficient (Wildman–Crippen LogP) is 3.37. The molecule has 0 radical (unpaired) electrons. The van der Waals surface area contributed by atoms with E-state index in [9.17, 15) is 4.79 Å². The summed E-state index contributed by atoms with van der Waals surface area (Å²) >= 11 is 0. The lowest BCUT2D eigenvalue weighted by Crippen LogP contribution is -2.22. The highest BCUT2D eigenvalue weighted by atomic mass is 16.5. The van der Waals surface area contributed by atoms with E-state index in [-0.39, 0.29) is 5.91 Å². The number of para-hydroxylation sites is 1. The van der Waals surface area contributed by atoms with Crippen LogP contribution < -0.4 is 10.1 Å². The number of carbonyl (C=O) groups excluding carboxylic acids is 1. The fourth-order valence-corrected chi connectivity index (χ4v) is 2.16. The first-order valence-electron chi connectivity index (χ1n) is 6.66. The first-order chi connectivity index (χ1) is 10.3. The van der Waals surface area contributed by atoms with Gasteiger partial charge in [0.2, 0.25) is 0 Å². The minimum absolute atomic E-state index is 0.158. The van der Waals surface area contributed by atoms with Gasteiger partial charge in [0, 0.05) is 10.9 Å². The first-order valence-corrected chi connectivity index (χ1v) is 6.66. The lowest BCUT2D eigenvalue weighted by molar-refractivity contribution is 0.0948. The van der Waals surface area contributed by atoms with Gasteiger partial charge >= 0.3 is 0 Å². The summed E-state index contributed by atoms with van der Waals surface area (Å²) < 4.78 is 10.8. The maximum absolute atomic E-state index is 12.1. The number of fused-ring (bicyclic) bond motifs is 1. The fourth-order valence-electron chi connectivity index (χ4n) is 2.16. The van der Waals surface area contributed by atoms with Crippen molar-refractivity contribution in [1.29, 1.82) is 0 Å². The monoisotopic (exact) mass is 281 g/mol. The molecule has 1 heterocycles. The van der Waals surface area contributed by atoms with Crippen LogP contribution in [0.3, 0.4) is 0 Å². The molecule has 0 aliphatic rings. The van der Waals surface area contributed by atoms with Crippen LogP contribution in [-0.2, 0) is 6.54 Å². The Labute approximate surface area is 122 Å². The molecule has 3 aromatic rings. The normalized spacial score (nSPS) is 10.5. The van der Waals surface area contributed by atoms with E-state index in [1.807, 2.05) is 30.3 Å². The molecule has 0 saturated carbocycles. The van der Waals surface area contributed by atoms with Gasteiger partial charge in [0.15, 0.2) is 0 Å². The molecular formula is C17H15NO3. The Morgan fingerprint density at radius 3 is 2.81 bits per heavy atom. The first kappa shape index (κ1) is 13.2. The van der Waals surface area contributed by atoms with E-state index >= 15 is 0 Å². The van der Waals surface area contributed by atoms with Crippen LogP contribution in [0.25, 0.3) is 11.0 Å². The van der Waals surface area contributed by atoms with Crippen molar-refractivity contribution in [1.82, 2.24) is 5.32 Å². The molecule has 0 unspecified atom stereocenters. The molecule has 2 aromatic carbocycles. The lowest BCUT2D eigenvalue weighted by atomic mass is 10.2. The molecule has 0 saturated heterocycles. The molecule has 106 valence electrons. The Kier molecular flexibility index (Phi) is 3.60. The fraction of sp³-hybridized carbons (Fsp3) is 0.118. The molecule has 1 aromatic heterocycles. The van der Waals surface area contributed by atoms with Gasteiger partial charge in [-0.2, -0.15) is 0 Å². The van der Waals surface area contributed by atoms with Gasteiger partial charge < -0.3 is 14.5 Å². The van der Waals surface area contributed by atoms with Crippen LogP contribution in [-0.4, -0.2) is 13.0 Å². The zero-order valence-corrected chi connectivity index (χ0v) is 11.6. The van der Waals surface area contributed by atoms with Gasteiger partial charge in [-0.05, 0) is 30.3 Å². The second-order valence-electron chi connectivity index (χ2n) is 4.67. The minimum atomic E-state index is -0.158. The number of furan rings is 1. The maximum Gasteiger partial charge on any atom is 0.251 e. The molecule has 1 amide bonds. The number of ether oxygens (including phenoxy) is 1. The quantitative estimate of drug-likeness (QED) is 0.797. The third-order valence-electron chi connectivity index (χ3n) is 3.23. The average molecular weight is 281 g/mol. The van der Waals surface area contributed by atoms with Crippen molar-refractivity contribution in [2.75, 3.05) is 7.11 Å². The summed E-state index contributed by atoms with van der Waals surface area (Å²) in [6.45, 7) is 0.352. The molecule has 1 N–H and O–H groups in total. The SMILES string of the molecule is COc1cccc(C(=O)NCc2cc3ccccc3o2)c1. The van der Waals surface area contributed by atoms with Crippen LogP contribution in [0.5, 0.6) is 5.75 Å². The number of amides is 1. The van der Waals surface area contributed by atoms with E-state index in [0.29, 0.717) is 17.9 Å². The van der Waals surface area contributed by atoms with Crippen LogP contribution in [0, 0.1) is 0 Å². The Morgan fingerprint density at radius 2 is 2.00 bits per heavy atom. The Morgan fingerprint density at radius 1 is 1.14 bits per heavy atom. The molecule has 21 heavy (non-hydrogen) atoms. The Bertz CT molecular complexity index is 743. The van der Waals surface area contributed by atoms with Crippen LogP contribution in [0.4, 0.5) is 0 Å². The number of carbonyl (C=O) groups is 1. The number of benzene rings is 2. The van der Waals surface area contributed by atoms with Crippen LogP contribution in [0.1, 0.15) is 16.1 Å². The van der Waals surface area contributed by atoms with Crippen LogP contribution in [0.2, 0.25) is 0 Å². The van der Waals surface area contributed by atoms with E-state index in [1.54, 1.807) is 31.4 Å². The third kappa shape index (κ3) is 2.89. The van der Waals surface area contributed by atoms with Crippen molar-refractivity contribution in [3.05, 3.63) is 65.9 Å². The zero-order chi connectivity index (χ0) is 14.7.